The van der Waals surface area contributed by atoms with Crippen LogP contribution < -0.4 is 5.32 Å². The highest BCUT2D eigenvalue weighted by Gasteiger charge is 2.51. The van der Waals surface area contributed by atoms with Crippen molar-refractivity contribution in [2.45, 2.75) is 61.7 Å². The van der Waals surface area contributed by atoms with Crippen LogP contribution >= 0.6 is 11.6 Å². The number of halogens is 1. The maximum atomic E-state index is 12.9. The summed E-state index contributed by atoms with van der Waals surface area (Å²) in [5, 5.41) is 3.59. The number of carbonyl (C=O) groups excluding carboxylic acids is 1. The molecule has 186 valence electrons. The monoisotopic (exact) mass is 512 g/mol. The SMILES string of the molecule is O=C(Nc1ccc(C23CC4CC(CC(C4)C2)C3)cc1)C1CCN(S(=O)(=O)c2ccc(Cl)cc2)CC1. The maximum Gasteiger partial charge on any atom is 0.243 e. The van der Waals surface area contributed by atoms with E-state index in [1.165, 1.54) is 60.5 Å². The molecule has 1 saturated heterocycles. The summed E-state index contributed by atoms with van der Waals surface area (Å²) in [7, 11) is -3.57. The number of hydrogen-bond acceptors (Lipinski definition) is 3. The zero-order chi connectivity index (χ0) is 24.2. The van der Waals surface area contributed by atoms with Gasteiger partial charge in [0.15, 0.2) is 0 Å². The van der Waals surface area contributed by atoms with E-state index < -0.39 is 10.0 Å². The Kier molecular flexibility index (Phi) is 5.97. The summed E-state index contributed by atoms with van der Waals surface area (Å²) < 4.78 is 27.3. The van der Waals surface area contributed by atoms with Crippen LogP contribution in [-0.4, -0.2) is 31.7 Å². The first kappa shape index (κ1) is 23.5. The Morgan fingerprint density at radius 2 is 1.40 bits per heavy atom. The molecule has 0 radical (unpaired) electrons. The van der Waals surface area contributed by atoms with Crippen LogP contribution in [0.5, 0.6) is 0 Å². The van der Waals surface area contributed by atoms with Crippen LogP contribution in [0.15, 0.2) is 53.4 Å². The Bertz CT molecular complexity index is 1170. The van der Waals surface area contributed by atoms with E-state index in [-0.39, 0.29) is 16.7 Å². The normalized spacial score (nSPS) is 30.9. The van der Waals surface area contributed by atoms with Gasteiger partial charge in [0.05, 0.1) is 4.90 Å². The molecule has 0 aromatic heterocycles. The molecule has 2 aromatic carbocycles. The van der Waals surface area contributed by atoms with E-state index in [0.717, 1.165) is 23.4 Å². The molecule has 4 bridgehead atoms. The molecule has 0 unspecified atom stereocenters. The van der Waals surface area contributed by atoms with Gasteiger partial charge in [-0.15, -0.1) is 0 Å². The fourth-order valence-electron chi connectivity index (χ4n) is 7.73. The summed E-state index contributed by atoms with van der Waals surface area (Å²) in [5.74, 6) is 2.53. The Labute approximate surface area is 213 Å². The second-order valence-electron chi connectivity index (χ2n) is 11.4. The largest absolute Gasteiger partial charge is 0.326 e. The molecule has 1 amide bonds. The molecular formula is C28H33ClN2O3S. The van der Waals surface area contributed by atoms with E-state index in [2.05, 4.69) is 29.6 Å². The minimum atomic E-state index is -3.57. The average Bonchev–Trinajstić information content (AvgIpc) is 2.84. The van der Waals surface area contributed by atoms with E-state index in [9.17, 15) is 13.2 Å². The van der Waals surface area contributed by atoms with E-state index >= 15 is 0 Å². The number of piperidine rings is 1. The van der Waals surface area contributed by atoms with Crippen LogP contribution in [0.1, 0.15) is 56.9 Å². The smallest absolute Gasteiger partial charge is 0.243 e. The Hall–Kier alpha value is -1.89. The molecule has 0 spiro atoms. The molecule has 1 heterocycles. The summed E-state index contributed by atoms with van der Waals surface area (Å²) in [6, 6.07) is 14.8. The average molecular weight is 513 g/mol. The topological polar surface area (TPSA) is 66.5 Å². The molecule has 4 saturated carbocycles. The standard InChI is InChI=1S/C28H33ClN2O3S/c29-24-3-7-26(8-4-24)35(33,34)31-11-9-22(10-12-31)27(32)30-25-5-1-23(2-6-25)28-16-19-13-20(17-28)15-21(14-19)18-28/h1-8,19-22H,9-18H2,(H,30,32). The number of nitrogens with zero attached hydrogens (tertiary/aromatic N) is 1. The number of carbonyl (C=O) groups is 1. The van der Waals surface area contributed by atoms with Gasteiger partial charge in [0, 0.05) is 29.7 Å². The van der Waals surface area contributed by atoms with Crippen molar-refractivity contribution in [3.05, 3.63) is 59.1 Å². The summed E-state index contributed by atoms with van der Waals surface area (Å²) in [6.07, 6.45) is 9.36. The summed E-state index contributed by atoms with van der Waals surface area (Å²) in [4.78, 5) is 13.2. The fraction of sp³-hybridized carbons (Fsp3) is 0.536. The highest BCUT2D eigenvalue weighted by atomic mass is 35.5. The van der Waals surface area contributed by atoms with Crippen LogP contribution in [0.2, 0.25) is 5.02 Å². The molecule has 35 heavy (non-hydrogen) atoms. The van der Waals surface area contributed by atoms with Crippen molar-refractivity contribution >= 4 is 33.2 Å². The minimum Gasteiger partial charge on any atom is -0.326 e. The first-order valence-corrected chi connectivity index (χ1v) is 14.8. The lowest BCUT2D eigenvalue weighted by Gasteiger charge is -2.57. The van der Waals surface area contributed by atoms with Crippen LogP contribution in [0.3, 0.4) is 0 Å². The predicted molar refractivity (Wildman–Crippen MR) is 138 cm³/mol. The molecule has 1 aliphatic heterocycles. The third-order valence-corrected chi connectivity index (χ3v) is 11.2. The Morgan fingerprint density at radius 3 is 1.94 bits per heavy atom. The summed E-state index contributed by atoms with van der Waals surface area (Å²) in [5.41, 5.74) is 2.65. The highest BCUT2D eigenvalue weighted by molar-refractivity contribution is 7.89. The van der Waals surface area contributed by atoms with Crippen molar-refractivity contribution < 1.29 is 13.2 Å². The maximum absolute atomic E-state index is 12.9. The van der Waals surface area contributed by atoms with Crippen molar-refractivity contribution in [1.82, 2.24) is 4.31 Å². The molecule has 2 aromatic rings. The van der Waals surface area contributed by atoms with E-state index in [1.807, 2.05) is 0 Å². The Balaban J connectivity index is 1.06. The number of rotatable bonds is 5. The van der Waals surface area contributed by atoms with Crippen LogP contribution in [0.25, 0.3) is 0 Å². The van der Waals surface area contributed by atoms with E-state index in [0.29, 0.717) is 36.4 Å². The van der Waals surface area contributed by atoms with Crippen molar-refractivity contribution in [3.8, 4) is 0 Å². The number of amides is 1. The van der Waals surface area contributed by atoms with Gasteiger partial charge in [-0.2, -0.15) is 4.31 Å². The van der Waals surface area contributed by atoms with Crippen LogP contribution in [0.4, 0.5) is 5.69 Å². The number of sulfonamides is 1. The number of hydrogen-bond donors (Lipinski definition) is 1. The number of anilines is 1. The fourth-order valence-corrected chi connectivity index (χ4v) is 9.33. The first-order valence-electron chi connectivity index (χ1n) is 13.0. The number of nitrogens with one attached hydrogen (secondary N) is 1. The van der Waals surface area contributed by atoms with Gasteiger partial charge in [-0.05, 0) is 116 Å². The highest BCUT2D eigenvalue weighted by Crippen LogP contribution is 2.60. The summed E-state index contributed by atoms with van der Waals surface area (Å²) in [6.45, 7) is 0.683. The van der Waals surface area contributed by atoms with Crippen molar-refractivity contribution in [2.75, 3.05) is 18.4 Å². The lowest BCUT2D eigenvalue weighted by Crippen LogP contribution is -2.48. The minimum absolute atomic E-state index is 0.0175. The van der Waals surface area contributed by atoms with Crippen LogP contribution in [-0.2, 0) is 20.2 Å². The quantitative estimate of drug-likeness (QED) is 0.546. The second kappa shape index (κ2) is 8.89. The van der Waals surface area contributed by atoms with Gasteiger partial charge >= 0.3 is 0 Å². The van der Waals surface area contributed by atoms with Crippen molar-refractivity contribution in [3.63, 3.8) is 0 Å². The summed E-state index contributed by atoms with van der Waals surface area (Å²) >= 11 is 5.89. The molecule has 7 heteroatoms. The zero-order valence-electron chi connectivity index (χ0n) is 20.0. The van der Waals surface area contributed by atoms with Gasteiger partial charge in [-0.25, -0.2) is 8.42 Å². The van der Waals surface area contributed by atoms with Gasteiger partial charge in [0.25, 0.3) is 0 Å². The van der Waals surface area contributed by atoms with Crippen molar-refractivity contribution in [2.24, 2.45) is 23.7 Å². The molecular weight excluding hydrogens is 480 g/mol. The van der Waals surface area contributed by atoms with E-state index in [4.69, 9.17) is 11.6 Å². The van der Waals surface area contributed by atoms with Gasteiger partial charge < -0.3 is 5.32 Å². The van der Waals surface area contributed by atoms with Crippen molar-refractivity contribution in [1.29, 1.82) is 0 Å². The van der Waals surface area contributed by atoms with Gasteiger partial charge in [0.1, 0.15) is 0 Å². The third-order valence-electron chi connectivity index (χ3n) is 9.08. The predicted octanol–water partition coefficient (Wildman–Crippen LogP) is 5.85. The third kappa shape index (κ3) is 4.42. The Morgan fingerprint density at radius 1 is 0.857 bits per heavy atom. The second-order valence-corrected chi connectivity index (χ2v) is 13.8. The molecule has 5 nitrogen and oxygen atoms in total. The molecule has 5 fully saturated rings. The molecule has 5 aliphatic rings. The van der Waals surface area contributed by atoms with Gasteiger partial charge in [0.2, 0.25) is 15.9 Å². The lowest BCUT2D eigenvalue weighted by molar-refractivity contribution is -0.120. The molecule has 0 atom stereocenters. The zero-order valence-corrected chi connectivity index (χ0v) is 21.5. The van der Waals surface area contributed by atoms with Gasteiger partial charge in [-0.3, -0.25) is 4.79 Å². The molecule has 1 N–H and O–H groups in total. The molecule has 4 aliphatic carbocycles. The van der Waals surface area contributed by atoms with E-state index in [1.54, 1.807) is 12.1 Å². The first-order chi connectivity index (χ1) is 16.8. The van der Waals surface area contributed by atoms with Gasteiger partial charge in [-0.1, -0.05) is 23.7 Å². The van der Waals surface area contributed by atoms with Crippen LogP contribution in [0, 0.1) is 23.7 Å². The lowest BCUT2D eigenvalue weighted by atomic mass is 9.48. The molecule has 7 rings (SSSR count). The number of benzene rings is 2.